The first kappa shape index (κ1) is 11.8. The van der Waals surface area contributed by atoms with Gasteiger partial charge in [-0.05, 0) is 51.4 Å². The van der Waals surface area contributed by atoms with Gasteiger partial charge >= 0.3 is 0 Å². The van der Waals surface area contributed by atoms with E-state index in [1.807, 2.05) is 0 Å². The van der Waals surface area contributed by atoms with Gasteiger partial charge in [0, 0.05) is 6.61 Å². The Morgan fingerprint density at radius 3 is 2.43 bits per heavy atom. The number of allylic oxidation sites excluding steroid dienone is 2. The zero-order valence-electron chi connectivity index (χ0n) is 9.68. The van der Waals surface area contributed by atoms with Crippen molar-refractivity contribution in [3.8, 4) is 0 Å². The van der Waals surface area contributed by atoms with Crippen LogP contribution in [-0.2, 0) is 0 Å². The third-order valence-corrected chi connectivity index (χ3v) is 3.27. The first-order chi connectivity index (χ1) is 6.68. The van der Waals surface area contributed by atoms with Crippen molar-refractivity contribution in [2.75, 3.05) is 6.61 Å². The van der Waals surface area contributed by atoms with Crippen molar-refractivity contribution < 1.29 is 5.11 Å². The molecule has 0 atom stereocenters. The summed E-state index contributed by atoms with van der Waals surface area (Å²) in [7, 11) is 0. The van der Waals surface area contributed by atoms with Crippen LogP contribution in [0.4, 0.5) is 0 Å². The van der Waals surface area contributed by atoms with E-state index in [2.05, 4.69) is 19.9 Å². The lowest BCUT2D eigenvalue weighted by Crippen LogP contribution is -1.99. The van der Waals surface area contributed by atoms with E-state index >= 15 is 0 Å². The summed E-state index contributed by atoms with van der Waals surface area (Å²) in [4.78, 5) is 0. The van der Waals surface area contributed by atoms with E-state index in [0.29, 0.717) is 12.0 Å². The Bertz CT molecular complexity index is 185. The minimum Gasteiger partial charge on any atom is -0.396 e. The molecule has 0 unspecified atom stereocenters. The molecule has 1 aliphatic carbocycles. The lowest BCUT2D eigenvalue weighted by molar-refractivity contribution is 0.279. The van der Waals surface area contributed by atoms with Gasteiger partial charge in [0.15, 0.2) is 0 Å². The topological polar surface area (TPSA) is 20.2 Å². The third kappa shape index (κ3) is 4.28. The second-order valence-electron chi connectivity index (χ2n) is 5.02. The number of aliphatic hydroxyl groups excluding tert-OH is 1. The number of hydrogen-bond acceptors (Lipinski definition) is 1. The van der Waals surface area contributed by atoms with E-state index in [9.17, 15) is 0 Å². The Labute approximate surface area is 88.2 Å². The van der Waals surface area contributed by atoms with Crippen molar-refractivity contribution in [2.24, 2.45) is 5.41 Å². The summed E-state index contributed by atoms with van der Waals surface area (Å²) in [6, 6.07) is 0. The minimum atomic E-state index is 0.362. The maximum absolute atomic E-state index is 8.68. The predicted octanol–water partition coefficient (Wildman–Crippen LogP) is 3.68. The highest BCUT2D eigenvalue weighted by atomic mass is 16.2. The standard InChI is InChI=1S/C13H24O/c1-12(2)6-8-13(9-10-13)7-4-3-5-11-14/h6,14H,3-5,7-11H2,1-2H3. The van der Waals surface area contributed by atoms with Crippen LogP contribution in [0.5, 0.6) is 0 Å². The lowest BCUT2D eigenvalue weighted by atomic mass is 9.94. The maximum atomic E-state index is 8.68. The largest absolute Gasteiger partial charge is 0.396 e. The second-order valence-corrected chi connectivity index (χ2v) is 5.02. The fraction of sp³-hybridized carbons (Fsp3) is 0.846. The molecule has 0 aromatic heterocycles. The van der Waals surface area contributed by atoms with Crippen LogP contribution in [0.25, 0.3) is 0 Å². The number of aliphatic hydroxyl groups is 1. The van der Waals surface area contributed by atoms with Crippen molar-refractivity contribution >= 4 is 0 Å². The third-order valence-electron chi connectivity index (χ3n) is 3.27. The summed E-state index contributed by atoms with van der Waals surface area (Å²) in [5.74, 6) is 0. The van der Waals surface area contributed by atoms with Crippen LogP contribution in [0.2, 0.25) is 0 Å². The van der Waals surface area contributed by atoms with Crippen LogP contribution in [0, 0.1) is 5.41 Å². The predicted molar refractivity (Wildman–Crippen MR) is 61.3 cm³/mol. The molecule has 1 nitrogen and oxygen atoms in total. The van der Waals surface area contributed by atoms with Gasteiger partial charge in [-0.1, -0.05) is 24.5 Å². The number of rotatable bonds is 7. The monoisotopic (exact) mass is 196 g/mol. The van der Waals surface area contributed by atoms with Gasteiger partial charge in [-0.3, -0.25) is 0 Å². The van der Waals surface area contributed by atoms with E-state index in [1.165, 1.54) is 44.1 Å². The summed E-state index contributed by atoms with van der Waals surface area (Å²) in [5.41, 5.74) is 2.12. The van der Waals surface area contributed by atoms with Crippen molar-refractivity contribution in [2.45, 2.75) is 58.8 Å². The molecule has 1 heteroatoms. The Kier molecular flexibility index (Phi) is 4.67. The molecular weight excluding hydrogens is 172 g/mol. The fourth-order valence-corrected chi connectivity index (χ4v) is 1.94. The SMILES string of the molecule is CC(C)=CCC1(CCCCCO)CC1. The summed E-state index contributed by atoms with van der Waals surface area (Å²) < 4.78 is 0. The zero-order chi connectivity index (χ0) is 10.4. The van der Waals surface area contributed by atoms with Crippen LogP contribution in [0.1, 0.15) is 58.8 Å². The van der Waals surface area contributed by atoms with Crippen LogP contribution < -0.4 is 0 Å². The molecule has 1 rings (SSSR count). The van der Waals surface area contributed by atoms with Crippen molar-refractivity contribution in [1.29, 1.82) is 0 Å². The second kappa shape index (κ2) is 5.55. The van der Waals surface area contributed by atoms with E-state index in [1.54, 1.807) is 0 Å². The fourth-order valence-electron chi connectivity index (χ4n) is 1.94. The van der Waals surface area contributed by atoms with Crippen LogP contribution in [-0.4, -0.2) is 11.7 Å². The van der Waals surface area contributed by atoms with E-state index in [4.69, 9.17) is 5.11 Å². The van der Waals surface area contributed by atoms with Crippen molar-refractivity contribution in [3.63, 3.8) is 0 Å². The van der Waals surface area contributed by atoms with Crippen molar-refractivity contribution in [1.82, 2.24) is 0 Å². The first-order valence-corrected chi connectivity index (χ1v) is 5.93. The van der Waals surface area contributed by atoms with E-state index in [0.717, 1.165) is 6.42 Å². The molecule has 1 aliphatic rings. The quantitative estimate of drug-likeness (QED) is 0.486. The van der Waals surface area contributed by atoms with Crippen LogP contribution in [0.3, 0.4) is 0 Å². The Morgan fingerprint density at radius 2 is 1.93 bits per heavy atom. The van der Waals surface area contributed by atoms with Crippen LogP contribution in [0.15, 0.2) is 11.6 Å². The first-order valence-electron chi connectivity index (χ1n) is 5.93. The lowest BCUT2D eigenvalue weighted by Gasteiger charge is -2.12. The van der Waals surface area contributed by atoms with E-state index < -0.39 is 0 Å². The Morgan fingerprint density at radius 1 is 1.21 bits per heavy atom. The average molecular weight is 196 g/mol. The van der Waals surface area contributed by atoms with Gasteiger partial charge in [-0.15, -0.1) is 0 Å². The van der Waals surface area contributed by atoms with Gasteiger partial charge < -0.3 is 5.11 Å². The highest BCUT2D eigenvalue weighted by Gasteiger charge is 2.40. The molecule has 0 aliphatic heterocycles. The summed E-state index contributed by atoms with van der Waals surface area (Å²) in [6.45, 7) is 4.73. The zero-order valence-corrected chi connectivity index (χ0v) is 9.68. The summed E-state index contributed by atoms with van der Waals surface area (Å²) in [5, 5.41) is 8.68. The minimum absolute atomic E-state index is 0.362. The molecule has 82 valence electrons. The molecule has 0 spiro atoms. The summed E-state index contributed by atoms with van der Waals surface area (Å²) in [6.07, 6.45) is 11.4. The van der Waals surface area contributed by atoms with Gasteiger partial charge in [-0.2, -0.15) is 0 Å². The highest BCUT2D eigenvalue weighted by Crippen LogP contribution is 2.53. The smallest absolute Gasteiger partial charge is 0.0431 e. The summed E-state index contributed by atoms with van der Waals surface area (Å²) >= 11 is 0. The molecule has 1 N–H and O–H groups in total. The normalized spacial score (nSPS) is 17.9. The van der Waals surface area contributed by atoms with Crippen molar-refractivity contribution in [3.05, 3.63) is 11.6 Å². The van der Waals surface area contributed by atoms with Gasteiger partial charge in [0.05, 0.1) is 0 Å². The van der Waals surface area contributed by atoms with E-state index in [-0.39, 0.29) is 0 Å². The molecule has 1 fully saturated rings. The molecule has 0 bridgehead atoms. The Hall–Kier alpha value is -0.300. The number of unbranched alkanes of at least 4 members (excludes halogenated alkanes) is 2. The molecule has 14 heavy (non-hydrogen) atoms. The van der Waals surface area contributed by atoms with Gasteiger partial charge in [0.2, 0.25) is 0 Å². The molecule has 0 heterocycles. The van der Waals surface area contributed by atoms with Gasteiger partial charge in [0.1, 0.15) is 0 Å². The molecule has 0 aromatic carbocycles. The maximum Gasteiger partial charge on any atom is 0.0431 e. The molecule has 0 aromatic rings. The Balaban J connectivity index is 2.13. The molecule has 0 amide bonds. The van der Waals surface area contributed by atoms with Gasteiger partial charge in [0.25, 0.3) is 0 Å². The average Bonchev–Trinajstić information content (AvgIpc) is 2.91. The molecule has 0 saturated heterocycles. The molecular formula is C13H24O. The molecule has 1 saturated carbocycles. The highest BCUT2D eigenvalue weighted by molar-refractivity contribution is 5.03. The molecule has 0 radical (unpaired) electrons. The van der Waals surface area contributed by atoms with Gasteiger partial charge in [-0.25, -0.2) is 0 Å². The number of hydrogen-bond donors (Lipinski definition) is 1. The van der Waals surface area contributed by atoms with Crippen LogP contribution >= 0.6 is 0 Å².